The van der Waals surface area contributed by atoms with Crippen LogP contribution in [0.3, 0.4) is 0 Å². The summed E-state index contributed by atoms with van der Waals surface area (Å²) in [5.74, 6) is 0.455. The zero-order valence-corrected chi connectivity index (χ0v) is 14.3. The Bertz CT molecular complexity index is 742. The number of rotatable bonds is 7. The fourth-order valence-electron chi connectivity index (χ4n) is 2.12. The van der Waals surface area contributed by atoms with Crippen LogP contribution >= 0.6 is 23.2 Å². The number of carbonyl (C=O) groups excluding carboxylic acids is 1. The third kappa shape index (κ3) is 4.39. The van der Waals surface area contributed by atoms with E-state index in [4.69, 9.17) is 28.9 Å². The van der Waals surface area contributed by atoms with Gasteiger partial charge in [-0.1, -0.05) is 0 Å². The minimum Gasteiger partial charge on any atom is -0.382 e. The molecule has 0 saturated heterocycles. The van der Waals surface area contributed by atoms with E-state index in [1.807, 2.05) is 4.90 Å². The van der Waals surface area contributed by atoms with Gasteiger partial charge in [-0.2, -0.15) is 0 Å². The van der Waals surface area contributed by atoms with Gasteiger partial charge in [0.05, 0.1) is 6.33 Å². The highest BCUT2D eigenvalue weighted by Gasteiger charge is 2.13. The number of nitrogens with one attached hydrogen (secondary N) is 2. The van der Waals surface area contributed by atoms with Gasteiger partial charge in [-0.25, -0.2) is 4.98 Å². The number of anilines is 3. The number of hydrogen-bond acceptors (Lipinski definition) is 5. The van der Waals surface area contributed by atoms with E-state index >= 15 is 0 Å². The fourth-order valence-corrected chi connectivity index (χ4v) is 2.53. The zero-order valence-electron chi connectivity index (χ0n) is 12.8. The highest BCUT2D eigenvalue weighted by Crippen LogP contribution is 2.17. The Morgan fingerprint density at radius 2 is 1.83 bits per heavy atom. The van der Waals surface area contributed by atoms with Crippen LogP contribution in [0.2, 0.25) is 0 Å². The highest BCUT2D eigenvalue weighted by atomic mass is 35.5. The van der Waals surface area contributed by atoms with Crippen molar-refractivity contribution in [3.8, 4) is 0 Å². The molecule has 0 fully saturated rings. The molecule has 24 heavy (non-hydrogen) atoms. The van der Waals surface area contributed by atoms with Crippen LogP contribution < -0.4 is 21.5 Å². The van der Waals surface area contributed by atoms with Crippen LogP contribution in [-0.4, -0.2) is 40.7 Å². The van der Waals surface area contributed by atoms with E-state index in [1.54, 1.807) is 24.3 Å². The van der Waals surface area contributed by atoms with Gasteiger partial charge in [-0.15, -0.1) is 23.2 Å². The normalized spacial score (nSPS) is 10.4. The standard InChI is InChI=1S/C15H17Cl2N5O2/c16-5-7-22(8-6-17)11-3-1-10(2-4-11)14(23)21-12-13(18)19-9-20-15(12)24/h1-4,9H,5-8H2,(H,21,23)(H3,18,19,20,24). The Morgan fingerprint density at radius 1 is 1.21 bits per heavy atom. The highest BCUT2D eigenvalue weighted by molar-refractivity contribution is 6.18. The summed E-state index contributed by atoms with van der Waals surface area (Å²) in [6.45, 7) is 1.31. The fraction of sp³-hybridized carbons (Fsp3) is 0.267. The Hall–Kier alpha value is -2.25. The summed E-state index contributed by atoms with van der Waals surface area (Å²) in [7, 11) is 0. The van der Waals surface area contributed by atoms with Gasteiger partial charge < -0.3 is 20.9 Å². The summed E-state index contributed by atoms with van der Waals surface area (Å²) >= 11 is 11.6. The van der Waals surface area contributed by atoms with Crippen LogP contribution in [0.25, 0.3) is 0 Å². The first-order valence-electron chi connectivity index (χ1n) is 7.18. The number of nitrogen functional groups attached to an aromatic ring is 1. The molecule has 1 aromatic carbocycles. The summed E-state index contributed by atoms with van der Waals surface area (Å²) in [4.78, 5) is 32.0. The van der Waals surface area contributed by atoms with Crippen LogP contribution in [0.5, 0.6) is 0 Å². The number of aromatic amines is 1. The topological polar surface area (TPSA) is 104 Å². The maximum Gasteiger partial charge on any atom is 0.276 e. The molecule has 7 nitrogen and oxygen atoms in total. The van der Waals surface area contributed by atoms with Gasteiger partial charge in [0, 0.05) is 36.1 Å². The zero-order chi connectivity index (χ0) is 17.5. The number of alkyl halides is 2. The van der Waals surface area contributed by atoms with Crippen molar-refractivity contribution in [3.63, 3.8) is 0 Å². The predicted molar refractivity (Wildman–Crippen MR) is 97.3 cm³/mol. The van der Waals surface area contributed by atoms with Gasteiger partial charge in [0.15, 0.2) is 5.82 Å². The number of amides is 1. The van der Waals surface area contributed by atoms with Crippen molar-refractivity contribution in [1.29, 1.82) is 0 Å². The van der Waals surface area contributed by atoms with Crippen molar-refractivity contribution < 1.29 is 4.79 Å². The van der Waals surface area contributed by atoms with Gasteiger partial charge in [-0.3, -0.25) is 9.59 Å². The number of carbonyl (C=O) groups is 1. The average molecular weight is 370 g/mol. The maximum absolute atomic E-state index is 12.2. The van der Waals surface area contributed by atoms with Crippen LogP contribution in [0.4, 0.5) is 17.2 Å². The maximum atomic E-state index is 12.2. The molecule has 4 N–H and O–H groups in total. The van der Waals surface area contributed by atoms with E-state index in [9.17, 15) is 9.59 Å². The number of halogens is 2. The molecule has 2 aromatic rings. The van der Waals surface area contributed by atoms with Gasteiger partial charge in [-0.05, 0) is 24.3 Å². The molecule has 0 aliphatic carbocycles. The lowest BCUT2D eigenvalue weighted by Crippen LogP contribution is -2.27. The quantitative estimate of drug-likeness (QED) is 0.646. The molecule has 1 heterocycles. The lowest BCUT2D eigenvalue weighted by Gasteiger charge is -2.22. The molecule has 2 rings (SSSR count). The van der Waals surface area contributed by atoms with Crippen molar-refractivity contribution in [3.05, 3.63) is 46.5 Å². The van der Waals surface area contributed by atoms with Crippen LogP contribution in [0, 0.1) is 0 Å². The average Bonchev–Trinajstić information content (AvgIpc) is 2.58. The number of H-pyrrole nitrogens is 1. The van der Waals surface area contributed by atoms with E-state index in [-0.39, 0.29) is 11.5 Å². The first-order chi connectivity index (χ1) is 11.6. The van der Waals surface area contributed by atoms with Crippen molar-refractivity contribution in [2.45, 2.75) is 0 Å². The number of hydrogen-bond donors (Lipinski definition) is 3. The number of nitrogens with two attached hydrogens (primary N) is 1. The van der Waals surface area contributed by atoms with E-state index in [2.05, 4.69) is 15.3 Å². The third-order valence-corrected chi connectivity index (χ3v) is 3.66. The molecular formula is C15H17Cl2N5O2. The van der Waals surface area contributed by atoms with E-state index in [0.717, 1.165) is 5.69 Å². The summed E-state index contributed by atoms with van der Waals surface area (Å²) < 4.78 is 0. The number of aromatic nitrogens is 2. The molecule has 1 aromatic heterocycles. The summed E-state index contributed by atoms with van der Waals surface area (Å²) in [5.41, 5.74) is 6.31. The van der Waals surface area contributed by atoms with E-state index in [1.165, 1.54) is 6.33 Å². The molecule has 9 heteroatoms. The molecule has 0 unspecified atom stereocenters. The predicted octanol–water partition coefficient (Wildman–Crippen LogP) is 1.89. The molecule has 0 atom stereocenters. The van der Waals surface area contributed by atoms with Crippen LogP contribution in [0.1, 0.15) is 10.4 Å². The molecule has 0 aliphatic heterocycles. The molecule has 0 saturated carbocycles. The Labute approximate surface area is 148 Å². The second-order valence-electron chi connectivity index (χ2n) is 4.86. The molecular weight excluding hydrogens is 353 g/mol. The van der Waals surface area contributed by atoms with Gasteiger partial charge in [0.25, 0.3) is 11.5 Å². The summed E-state index contributed by atoms with van der Waals surface area (Å²) in [6, 6.07) is 6.90. The first kappa shape index (κ1) is 18.1. The Morgan fingerprint density at radius 3 is 2.38 bits per heavy atom. The van der Waals surface area contributed by atoms with Gasteiger partial charge >= 0.3 is 0 Å². The number of nitrogens with zero attached hydrogens (tertiary/aromatic N) is 2. The molecule has 0 radical (unpaired) electrons. The summed E-state index contributed by atoms with van der Waals surface area (Å²) in [5, 5.41) is 2.47. The van der Waals surface area contributed by atoms with Crippen LogP contribution in [-0.2, 0) is 0 Å². The van der Waals surface area contributed by atoms with E-state index in [0.29, 0.717) is 30.4 Å². The minimum absolute atomic E-state index is 0.0425. The van der Waals surface area contributed by atoms with Crippen molar-refractivity contribution in [1.82, 2.24) is 9.97 Å². The monoisotopic (exact) mass is 369 g/mol. The largest absolute Gasteiger partial charge is 0.382 e. The van der Waals surface area contributed by atoms with E-state index < -0.39 is 11.5 Å². The van der Waals surface area contributed by atoms with Crippen molar-refractivity contribution in [2.24, 2.45) is 0 Å². The van der Waals surface area contributed by atoms with Crippen LogP contribution in [0.15, 0.2) is 35.4 Å². The van der Waals surface area contributed by atoms with Gasteiger partial charge in [0.2, 0.25) is 0 Å². The van der Waals surface area contributed by atoms with Gasteiger partial charge in [0.1, 0.15) is 5.69 Å². The lowest BCUT2D eigenvalue weighted by atomic mass is 10.1. The second kappa shape index (κ2) is 8.56. The Balaban J connectivity index is 2.15. The number of benzene rings is 1. The smallest absolute Gasteiger partial charge is 0.276 e. The SMILES string of the molecule is Nc1nc[nH]c(=O)c1NC(=O)c1ccc(N(CCCl)CCCl)cc1. The molecule has 128 valence electrons. The molecule has 1 amide bonds. The Kier molecular flexibility index (Phi) is 6.45. The minimum atomic E-state index is -0.511. The third-order valence-electron chi connectivity index (χ3n) is 3.32. The van der Waals surface area contributed by atoms with Crippen molar-refractivity contribution in [2.75, 3.05) is 40.8 Å². The lowest BCUT2D eigenvalue weighted by molar-refractivity contribution is 0.102. The summed E-state index contributed by atoms with van der Waals surface area (Å²) in [6.07, 6.45) is 1.17. The van der Waals surface area contributed by atoms with Crippen molar-refractivity contribution >= 4 is 46.3 Å². The molecule has 0 bridgehead atoms. The second-order valence-corrected chi connectivity index (χ2v) is 5.61. The first-order valence-corrected chi connectivity index (χ1v) is 8.25. The molecule has 0 spiro atoms. The molecule has 0 aliphatic rings.